The van der Waals surface area contributed by atoms with Gasteiger partial charge in [-0.1, -0.05) is 24.3 Å². The van der Waals surface area contributed by atoms with Gasteiger partial charge >= 0.3 is 0 Å². The Morgan fingerprint density at radius 2 is 1.90 bits per heavy atom. The number of hydrogen-bond acceptors (Lipinski definition) is 4. The van der Waals surface area contributed by atoms with Crippen LogP contribution < -0.4 is 16.0 Å². The number of ether oxygens (including phenoxy) is 1. The Hall–Kier alpha value is -2.09. The van der Waals surface area contributed by atoms with Gasteiger partial charge in [0, 0.05) is 16.5 Å². The van der Waals surface area contributed by atoms with Crippen LogP contribution in [-0.4, -0.2) is 9.97 Å². The van der Waals surface area contributed by atoms with Crippen LogP contribution in [-0.2, 0) is 0 Å². The van der Waals surface area contributed by atoms with Crippen molar-refractivity contribution >= 4 is 39.1 Å². The number of hydrogen-bond donors (Lipinski definition) is 2. The number of aromatic nitrogens is 2. The predicted octanol–water partition coefficient (Wildman–Crippen LogP) is 2.90. The summed E-state index contributed by atoms with van der Waals surface area (Å²) in [5.74, 6) is 0.898. The number of nitrogens with two attached hydrogens (primary N) is 1. The summed E-state index contributed by atoms with van der Waals surface area (Å²) in [4.78, 5) is 18.1. The summed E-state index contributed by atoms with van der Waals surface area (Å²) in [5, 5.41) is 1.79. The van der Waals surface area contributed by atoms with Gasteiger partial charge in [-0.15, -0.1) is 0 Å². The van der Waals surface area contributed by atoms with Gasteiger partial charge in [0.15, 0.2) is 0 Å². The van der Waals surface area contributed by atoms with Gasteiger partial charge in [-0.05, 0) is 34.7 Å². The Morgan fingerprint density at radius 1 is 1.15 bits per heavy atom. The molecular weight excluding hydrogens is 369 g/mol. The highest BCUT2D eigenvalue weighted by Crippen LogP contribution is 2.33. The summed E-state index contributed by atoms with van der Waals surface area (Å²) in [7, 11) is 0. The lowest BCUT2D eigenvalue weighted by Gasteiger charge is -2.10. The number of nitrogens with one attached hydrogen (secondary N) is 1. The fraction of sp³-hybridized carbons (Fsp3) is 0. The average Bonchev–Trinajstić information content (AvgIpc) is 2.47. The summed E-state index contributed by atoms with van der Waals surface area (Å²) in [6.07, 6.45) is 1.32. The van der Waals surface area contributed by atoms with Crippen LogP contribution in [0.1, 0.15) is 0 Å². The average molecular weight is 379 g/mol. The molecule has 0 fully saturated rings. The second kappa shape index (κ2) is 5.12. The van der Waals surface area contributed by atoms with Crippen LogP contribution in [0.5, 0.6) is 11.6 Å². The number of benzene rings is 2. The fourth-order valence-electron chi connectivity index (χ4n) is 1.93. The van der Waals surface area contributed by atoms with E-state index < -0.39 is 0 Å². The van der Waals surface area contributed by atoms with Crippen molar-refractivity contribution < 1.29 is 4.74 Å². The van der Waals surface area contributed by atoms with E-state index in [0.29, 0.717) is 15.0 Å². The van der Waals surface area contributed by atoms with Gasteiger partial charge in [-0.2, -0.15) is 0 Å². The van der Waals surface area contributed by atoms with Crippen LogP contribution in [0, 0.1) is 3.57 Å². The first-order valence-corrected chi connectivity index (χ1v) is 6.93. The molecule has 20 heavy (non-hydrogen) atoms. The van der Waals surface area contributed by atoms with E-state index >= 15 is 0 Å². The molecule has 0 amide bonds. The molecule has 0 unspecified atom stereocenters. The number of H-pyrrole nitrogens is 1. The van der Waals surface area contributed by atoms with Gasteiger partial charge < -0.3 is 15.5 Å². The first-order chi connectivity index (χ1) is 9.66. The normalized spacial score (nSPS) is 10.7. The molecule has 0 saturated heterocycles. The van der Waals surface area contributed by atoms with Gasteiger partial charge in [0.2, 0.25) is 5.88 Å². The topological polar surface area (TPSA) is 81.0 Å². The third-order valence-electron chi connectivity index (χ3n) is 2.89. The lowest BCUT2D eigenvalue weighted by Crippen LogP contribution is -2.11. The molecular formula is C14H10IN3O2. The third kappa shape index (κ3) is 2.22. The summed E-state index contributed by atoms with van der Waals surface area (Å²) in [6, 6.07) is 11.2. The molecule has 6 heteroatoms. The van der Waals surface area contributed by atoms with Crippen molar-refractivity contribution in [1.29, 1.82) is 0 Å². The second-order valence-corrected chi connectivity index (χ2v) is 5.23. The number of nitrogen functional groups attached to an aromatic ring is 1. The maximum Gasteiger partial charge on any atom is 0.268 e. The Morgan fingerprint density at radius 3 is 2.70 bits per heavy atom. The maximum atomic E-state index is 11.5. The van der Waals surface area contributed by atoms with Gasteiger partial charge in [0.05, 0.1) is 6.33 Å². The number of aromatic amines is 1. The van der Waals surface area contributed by atoms with Gasteiger partial charge in [-0.25, -0.2) is 4.98 Å². The Kier molecular flexibility index (Phi) is 3.31. The first kappa shape index (κ1) is 12.9. The maximum absolute atomic E-state index is 11.5. The van der Waals surface area contributed by atoms with Crippen LogP contribution >= 0.6 is 22.6 Å². The Labute approximate surface area is 127 Å². The second-order valence-electron chi connectivity index (χ2n) is 4.15. The monoisotopic (exact) mass is 379 g/mol. The van der Waals surface area contributed by atoms with Crippen molar-refractivity contribution in [3.05, 3.63) is 56.6 Å². The highest BCUT2D eigenvalue weighted by molar-refractivity contribution is 14.1. The number of halogens is 1. The highest BCUT2D eigenvalue weighted by Gasteiger charge is 2.10. The lowest BCUT2D eigenvalue weighted by molar-refractivity contribution is 0.461. The summed E-state index contributed by atoms with van der Waals surface area (Å²) in [5.41, 5.74) is 6.40. The molecule has 100 valence electrons. The van der Waals surface area contributed by atoms with E-state index in [2.05, 4.69) is 9.97 Å². The zero-order valence-corrected chi connectivity index (χ0v) is 12.4. The molecule has 1 heterocycles. The SMILES string of the molecule is Nc1ccc(Oc2nc[nH]c(=O)c2I)c2ccccc12. The quantitative estimate of drug-likeness (QED) is 0.530. The molecule has 2 aromatic carbocycles. The van der Waals surface area contributed by atoms with Crippen LogP contribution in [0.4, 0.5) is 5.69 Å². The third-order valence-corrected chi connectivity index (χ3v) is 3.84. The van der Waals surface area contributed by atoms with Crippen LogP contribution in [0.2, 0.25) is 0 Å². The van der Waals surface area contributed by atoms with Crippen LogP contribution in [0.15, 0.2) is 47.5 Å². The molecule has 0 radical (unpaired) electrons. The van der Waals surface area contributed by atoms with Gasteiger partial charge in [0.1, 0.15) is 9.32 Å². The fourth-order valence-corrected chi connectivity index (χ4v) is 2.33. The van der Waals surface area contributed by atoms with Crippen LogP contribution in [0.25, 0.3) is 10.8 Å². The molecule has 0 atom stereocenters. The van der Waals surface area contributed by atoms with Crippen molar-refractivity contribution in [2.75, 3.05) is 5.73 Å². The van der Waals surface area contributed by atoms with Crippen LogP contribution in [0.3, 0.4) is 0 Å². The minimum atomic E-state index is -0.227. The smallest absolute Gasteiger partial charge is 0.268 e. The molecule has 0 saturated carbocycles. The number of rotatable bonds is 2. The molecule has 0 spiro atoms. The van der Waals surface area contributed by atoms with Crippen molar-refractivity contribution in [2.24, 2.45) is 0 Å². The van der Waals surface area contributed by atoms with Gasteiger partial charge in [0.25, 0.3) is 5.56 Å². The summed E-state index contributed by atoms with van der Waals surface area (Å²) in [6.45, 7) is 0. The predicted molar refractivity (Wildman–Crippen MR) is 86.0 cm³/mol. The van der Waals surface area contributed by atoms with E-state index in [1.807, 2.05) is 46.9 Å². The van der Waals surface area contributed by atoms with E-state index in [0.717, 1.165) is 10.8 Å². The molecule has 5 nitrogen and oxygen atoms in total. The van der Waals surface area contributed by atoms with E-state index in [-0.39, 0.29) is 11.4 Å². The Balaban J connectivity index is 2.14. The number of anilines is 1. The molecule has 0 aliphatic carbocycles. The van der Waals surface area contributed by atoms with Crippen molar-refractivity contribution in [1.82, 2.24) is 9.97 Å². The van der Waals surface area contributed by atoms with E-state index in [4.69, 9.17) is 10.5 Å². The van der Waals surface area contributed by atoms with Crippen molar-refractivity contribution in [3.63, 3.8) is 0 Å². The minimum absolute atomic E-state index is 0.227. The molecule has 0 aliphatic heterocycles. The van der Waals surface area contributed by atoms with Gasteiger partial charge in [-0.3, -0.25) is 4.79 Å². The summed E-state index contributed by atoms with van der Waals surface area (Å²) < 4.78 is 6.17. The van der Waals surface area contributed by atoms with Crippen molar-refractivity contribution in [3.8, 4) is 11.6 Å². The summed E-state index contributed by atoms with van der Waals surface area (Å²) >= 11 is 1.91. The van der Waals surface area contributed by atoms with E-state index in [9.17, 15) is 4.79 Å². The molecule has 0 aliphatic rings. The minimum Gasteiger partial charge on any atom is -0.437 e. The largest absolute Gasteiger partial charge is 0.437 e. The molecule has 3 N–H and O–H groups in total. The lowest BCUT2D eigenvalue weighted by atomic mass is 10.1. The molecule has 1 aromatic heterocycles. The molecule has 0 bridgehead atoms. The zero-order valence-electron chi connectivity index (χ0n) is 10.3. The Bertz CT molecular complexity index is 845. The highest BCUT2D eigenvalue weighted by atomic mass is 127. The molecule has 3 aromatic rings. The first-order valence-electron chi connectivity index (χ1n) is 5.85. The van der Waals surface area contributed by atoms with E-state index in [1.54, 1.807) is 12.1 Å². The standard InChI is InChI=1S/C14H10IN3O2/c15-12-13(19)17-7-18-14(12)20-11-6-5-10(16)8-3-1-2-4-9(8)11/h1-7H,16H2,(H,17,18,19). The van der Waals surface area contributed by atoms with Crippen molar-refractivity contribution in [2.45, 2.75) is 0 Å². The zero-order chi connectivity index (χ0) is 14.1. The number of nitrogens with zero attached hydrogens (tertiary/aromatic N) is 1. The number of fused-ring (bicyclic) bond motifs is 1. The molecule has 3 rings (SSSR count). The van der Waals surface area contributed by atoms with E-state index in [1.165, 1.54) is 6.33 Å².